The molecule has 4 rings (SSSR count). The van der Waals surface area contributed by atoms with Crippen LogP contribution >= 0.6 is 11.6 Å². The van der Waals surface area contributed by atoms with E-state index in [4.69, 9.17) is 16.3 Å². The first kappa shape index (κ1) is 25.8. The first-order valence-electron chi connectivity index (χ1n) is 12.3. The number of hydrogen-bond donors (Lipinski definition) is 1. The fraction of sp³-hybridized carbons (Fsp3) is 0.333. The number of fused-ring (bicyclic) bond motifs is 1. The molecule has 5 nitrogen and oxygen atoms in total. The zero-order valence-electron chi connectivity index (χ0n) is 21.0. The number of rotatable bonds is 8. The summed E-state index contributed by atoms with van der Waals surface area (Å²) in [5, 5.41) is 9.93. The summed E-state index contributed by atoms with van der Waals surface area (Å²) < 4.78 is 6.44. The van der Waals surface area contributed by atoms with E-state index >= 15 is 0 Å². The Morgan fingerprint density at radius 3 is 2.47 bits per heavy atom. The lowest BCUT2D eigenvalue weighted by Crippen LogP contribution is -2.39. The molecule has 0 unspecified atom stereocenters. The molecule has 3 aromatic carbocycles. The minimum atomic E-state index is -1.07. The van der Waals surface area contributed by atoms with Crippen molar-refractivity contribution in [3.8, 4) is 5.75 Å². The van der Waals surface area contributed by atoms with Crippen LogP contribution in [0.1, 0.15) is 65.7 Å². The van der Waals surface area contributed by atoms with Crippen molar-refractivity contribution < 1.29 is 19.4 Å². The predicted octanol–water partition coefficient (Wildman–Crippen LogP) is 6.52. The van der Waals surface area contributed by atoms with Gasteiger partial charge in [-0.05, 0) is 78.3 Å². The van der Waals surface area contributed by atoms with E-state index in [0.717, 1.165) is 36.1 Å². The van der Waals surface area contributed by atoms with E-state index in [1.807, 2.05) is 18.2 Å². The van der Waals surface area contributed by atoms with Crippen molar-refractivity contribution in [2.45, 2.75) is 58.1 Å². The van der Waals surface area contributed by atoms with Crippen LogP contribution < -0.4 is 4.74 Å². The normalized spacial score (nSPS) is 16.8. The molecular formula is C30H32ClNO4. The lowest BCUT2D eigenvalue weighted by molar-refractivity contribution is -0.137. The summed E-state index contributed by atoms with van der Waals surface area (Å²) in [6.07, 6.45) is 2.41. The van der Waals surface area contributed by atoms with Gasteiger partial charge in [-0.3, -0.25) is 9.59 Å². The fourth-order valence-electron chi connectivity index (χ4n) is 4.70. The maximum atomic E-state index is 13.3. The summed E-state index contributed by atoms with van der Waals surface area (Å²) in [7, 11) is 0. The number of carboxylic acid groups (broad SMARTS) is 1. The molecule has 6 heteroatoms. The molecule has 1 N–H and O–H groups in total. The van der Waals surface area contributed by atoms with Crippen LogP contribution in [0.15, 0.2) is 66.7 Å². The van der Waals surface area contributed by atoms with E-state index in [-0.39, 0.29) is 18.1 Å². The smallest absolute Gasteiger partial charge is 0.323 e. The average Bonchev–Trinajstić information content (AvgIpc) is 2.83. The second kappa shape index (κ2) is 10.8. The standard InChI is InChI=1S/C30H32ClNO4/c1-20(2)23-9-7-21(8-10-23)17-30(3)14-13-24-16-25(11-12-27(24)36-30)29(35)32(19-28(33)34)18-22-5-4-6-26(31)15-22/h4-12,15-16,20H,13-14,17-19H2,1-3H3,(H,33,34)/t30-/m1/s1. The van der Waals surface area contributed by atoms with Crippen LogP contribution in [-0.2, 0) is 24.2 Å². The molecule has 0 aromatic heterocycles. The Labute approximate surface area is 217 Å². The zero-order chi connectivity index (χ0) is 25.9. The Morgan fingerprint density at radius 2 is 1.81 bits per heavy atom. The highest BCUT2D eigenvalue weighted by Crippen LogP contribution is 2.36. The van der Waals surface area contributed by atoms with Crippen LogP contribution in [0.5, 0.6) is 5.75 Å². The lowest BCUT2D eigenvalue weighted by Gasteiger charge is -2.36. The topological polar surface area (TPSA) is 66.8 Å². The van der Waals surface area contributed by atoms with Crippen LogP contribution in [0, 0.1) is 0 Å². The number of carbonyl (C=O) groups is 2. The second-order valence-corrected chi connectivity index (χ2v) is 10.6. The van der Waals surface area contributed by atoms with Gasteiger partial charge in [-0.2, -0.15) is 0 Å². The first-order valence-corrected chi connectivity index (χ1v) is 12.7. The number of ether oxygens (including phenoxy) is 1. The van der Waals surface area contributed by atoms with Crippen molar-refractivity contribution in [1.29, 1.82) is 0 Å². The molecule has 0 aliphatic carbocycles. The summed E-state index contributed by atoms with van der Waals surface area (Å²) >= 11 is 6.07. The van der Waals surface area contributed by atoms with Crippen LogP contribution in [0.25, 0.3) is 0 Å². The quantitative estimate of drug-likeness (QED) is 0.378. The van der Waals surface area contributed by atoms with Gasteiger partial charge in [0.2, 0.25) is 0 Å². The van der Waals surface area contributed by atoms with E-state index in [1.165, 1.54) is 16.0 Å². The minimum Gasteiger partial charge on any atom is -0.487 e. The van der Waals surface area contributed by atoms with E-state index in [2.05, 4.69) is 45.0 Å². The van der Waals surface area contributed by atoms with Gasteiger partial charge in [0, 0.05) is 23.6 Å². The van der Waals surface area contributed by atoms with E-state index in [1.54, 1.807) is 24.3 Å². The molecule has 1 atom stereocenters. The van der Waals surface area contributed by atoms with E-state index in [0.29, 0.717) is 16.5 Å². The fourth-order valence-corrected chi connectivity index (χ4v) is 4.91. The highest BCUT2D eigenvalue weighted by molar-refractivity contribution is 6.30. The zero-order valence-corrected chi connectivity index (χ0v) is 21.7. The molecule has 1 amide bonds. The number of carboxylic acids is 1. The highest BCUT2D eigenvalue weighted by Gasteiger charge is 2.32. The third kappa shape index (κ3) is 6.27. The molecule has 1 aliphatic rings. The minimum absolute atomic E-state index is 0.160. The lowest BCUT2D eigenvalue weighted by atomic mass is 9.86. The molecular weight excluding hydrogens is 474 g/mol. The van der Waals surface area contributed by atoms with Gasteiger partial charge in [0.05, 0.1) is 0 Å². The number of amides is 1. The van der Waals surface area contributed by atoms with E-state index in [9.17, 15) is 14.7 Å². The largest absolute Gasteiger partial charge is 0.487 e. The van der Waals surface area contributed by atoms with Crippen molar-refractivity contribution in [1.82, 2.24) is 4.90 Å². The Morgan fingerprint density at radius 1 is 1.06 bits per heavy atom. The molecule has 3 aromatic rings. The van der Waals surface area contributed by atoms with Crippen LogP contribution in [0.3, 0.4) is 0 Å². The number of hydrogen-bond acceptors (Lipinski definition) is 3. The molecule has 0 bridgehead atoms. The first-order chi connectivity index (χ1) is 17.1. The van der Waals surface area contributed by atoms with Crippen molar-refractivity contribution >= 4 is 23.5 Å². The Balaban J connectivity index is 1.49. The van der Waals surface area contributed by atoms with Gasteiger partial charge in [0.25, 0.3) is 5.91 Å². The number of benzene rings is 3. The number of carbonyl (C=O) groups excluding carboxylic acids is 1. The van der Waals surface area contributed by atoms with Crippen molar-refractivity contribution in [2.75, 3.05) is 6.54 Å². The number of nitrogens with zero attached hydrogens (tertiary/aromatic N) is 1. The number of aliphatic carboxylic acids is 1. The van der Waals surface area contributed by atoms with Gasteiger partial charge >= 0.3 is 5.97 Å². The predicted molar refractivity (Wildman–Crippen MR) is 142 cm³/mol. The molecule has 36 heavy (non-hydrogen) atoms. The molecule has 0 saturated carbocycles. The maximum absolute atomic E-state index is 13.3. The maximum Gasteiger partial charge on any atom is 0.323 e. The molecule has 0 fully saturated rings. The third-order valence-corrected chi connectivity index (χ3v) is 6.92. The van der Waals surface area contributed by atoms with Crippen molar-refractivity contribution in [3.05, 3.63) is 99.6 Å². The van der Waals surface area contributed by atoms with Gasteiger partial charge < -0.3 is 14.7 Å². The summed E-state index contributed by atoms with van der Waals surface area (Å²) in [6.45, 7) is 6.27. The summed E-state index contributed by atoms with van der Waals surface area (Å²) in [5.74, 6) is -0.123. The van der Waals surface area contributed by atoms with Crippen LogP contribution in [0.2, 0.25) is 5.02 Å². The Hall–Kier alpha value is -3.31. The molecule has 0 saturated heterocycles. The highest BCUT2D eigenvalue weighted by atomic mass is 35.5. The molecule has 0 spiro atoms. The summed E-state index contributed by atoms with van der Waals surface area (Å²) in [5.41, 5.74) is 4.42. The molecule has 1 aliphatic heterocycles. The SMILES string of the molecule is CC(C)c1ccc(C[C@@]2(C)CCc3cc(C(=O)N(CC(=O)O)Cc4cccc(Cl)c4)ccc3O2)cc1. The average molecular weight is 506 g/mol. The van der Waals surface area contributed by atoms with Gasteiger partial charge in [-0.15, -0.1) is 0 Å². The molecule has 1 heterocycles. The Bertz CT molecular complexity index is 1250. The van der Waals surface area contributed by atoms with Gasteiger partial charge in [-0.1, -0.05) is 61.8 Å². The summed E-state index contributed by atoms with van der Waals surface area (Å²) in [4.78, 5) is 26.1. The van der Waals surface area contributed by atoms with Crippen molar-refractivity contribution in [3.63, 3.8) is 0 Å². The van der Waals surface area contributed by atoms with Gasteiger partial charge in [0.1, 0.15) is 17.9 Å². The third-order valence-electron chi connectivity index (χ3n) is 6.69. The van der Waals surface area contributed by atoms with Crippen molar-refractivity contribution in [2.24, 2.45) is 0 Å². The number of aryl methyl sites for hydroxylation is 1. The van der Waals surface area contributed by atoms with Gasteiger partial charge in [0.15, 0.2) is 0 Å². The monoisotopic (exact) mass is 505 g/mol. The van der Waals surface area contributed by atoms with Crippen LogP contribution in [-0.4, -0.2) is 34.0 Å². The summed E-state index contributed by atoms with van der Waals surface area (Å²) in [6, 6.07) is 21.2. The number of halogens is 1. The molecule has 0 radical (unpaired) electrons. The Kier molecular flexibility index (Phi) is 7.70. The van der Waals surface area contributed by atoms with Crippen LogP contribution in [0.4, 0.5) is 0 Å². The van der Waals surface area contributed by atoms with Gasteiger partial charge in [-0.25, -0.2) is 0 Å². The molecule has 188 valence electrons. The second-order valence-electron chi connectivity index (χ2n) is 10.1. The van der Waals surface area contributed by atoms with E-state index < -0.39 is 12.5 Å².